The first-order valence-corrected chi connectivity index (χ1v) is 7.04. The van der Waals surface area contributed by atoms with Gasteiger partial charge < -0.3 is 0 Å². The predicted molar refractivity (Wildman–Crippen MR) is 76.6 cm³/mol. The Labute approximate surface area is 116 Å². The smallest absolute Gasteiger partial charge is 0.202 e. The maximum absolute atomic E-state index is 13.0. The molecule has 0 spiro atoms. The molecule has 18 heavy (non-hydrogen) atoms. The Morgan fingerprint density at radius 2 is 2.17 bits per heavy atom. The first-order valence-electron chi connectivity index (χ1n) is 5.79. The van der Waals surface area contributed by atoms with Crippen LogP contribution < -0.4 is 0 Å². The molecule has 0 saturated carbocycles. The molecule has 100 valence electrons. The standard InChI is InChI=1S/C14H17ClF2S/c1-5-6-11-10(3)18-8-12(11)13(15)7-9(2)14(4,16)17/h7-8H,2,5-6H2,1,3-4H3/b13-7+. The van der Waals surface area contributed by atoms with E-state index in [0.29, 0.717) is 5.03 Å². The summed E-state index contributed by atoms with van der Waals surface area (Å²) in [5, 5.41) is 2.26. The maximum Gasteiger partial charge on any atom is 0.270 e. The van der Waals surface area contributed by atoms with Crippen LogP contribution in [0.15, 0.2) is 23.6 Å². The van der Waals surface area contributed by atoms with Gasteiger partial charge in [0, 0.05) is 28.0 Å². The second kappa shape index (κ2) is 5.98. The van der Waals surface area contributed by atoms with Crippen molar-refractivity contribution in [2.75, 3.05) is 0 Å². The van der Waals surface area contributed by atoms with Crippen molar-refractivity contribution >= 4 is 28.0 Å². The third-order valence-corrected chi connectivity index (χ3v) is 3.99. The molecule has 0 aliphatic heterocycles. The molecule has 0 aliphatic rings. The Morgan fingerprint density at radius 1 is 1.56 bits per heavy atom. The van der Waals surface area contributed by atoms with Gasteiger partial charge in [0.25, 0.3) is 5.92 Å². The van der Waals surface area contributed by atoms with E-state index in [1.54, 1.807) is 11.3 Å². The highest BCUT2D eigenvalue weighted by Gasteiger charge is 2.24. The SMILES string of the molecule is C=C(/C=C(/Cl)c1csc(C)c1CCC)C(C)(F)F. The van der Waals surface area contributed by atoms with Crippen LogP contribution >= 0.6 is 22.9 Å². The fourth-order valence-electron chi connectivity index (χ4n) is 1.60. The van der Waals surface area contributed by atoms with Gasteiger partial charge in [-0.2, -0.15) is 0 Å². The van der Waals surface area contributed by atoms with Crippen molar-refractivity contribution in [2.45, 2.75) is 39.5 Å². The molecule has 0 aromatic carbocycles. The lowest BCUT2D eigenvalue weighted by atomic mass is 10.0. The first-order chi connectivity index (χ1) is 8.27. The maximum atomic E-state index is 13.0. The van der Waals surface area contributed by atoms with Crippen molar-refractivity contribution in [1.82, 2.24) is 0 Å². The molecule has 0 unspecified atom stereocenters. The minimum atomic E-state index is -2.93. The van der Waals surface area contributed by atoms with Crippen LogP contribution in [-0.4, -0.2) is 5.92 Å². The summed E-state index contributed by atoms with van der Waals surface area (Å²) in [6, 6.07) is 0. The lowest BCUT2D eigenvalue weighted by molar-refractivity contribution is 0.0681. The van der Waals surface area contributed by atoms with Crippen LogP contribution in [0.5, 0.6) is 0 Å². The highest BCUT2D eigenvalue weighted by molar-refractivity contribution is 7.10. The molecule has 0 amide bonds. The van der Waals surface area contributed by atoms with Crippen molar-refractivity contribution in [2.24, 2.45) is 0 Å². The van der Waals surface area contributed by atoms with Gasteiger partial charge in [-0.3, -0.25) is 0 Å². The molecule has 0 N–H and O–H groups in total. The van der Waals surface area contributed by atoms with Gasteiger partial charge in [-0.25, -0.2) is 8.78 Å². The Morgan fingerprint density at radius 3 is 2.67 bits per heavy atom. The number of thiophene rings is 1. The Balaban J connectivity index is 3.07. The van der Waals surface area contributed by atoms with Gasteiger partial charge in [0.1, 0.15) is 0 Å². The number of allylic oxidation sites excluding steroid dienone is 2. The van der Waals surface area contributed by atoms with E-state index in [2.05, 4.69) is 13.5 Å². The Bertz CT molecular complexity index is 467. The van der Waals surface area contributed by atoms with Crippen LogP contribution in [0.4, 0.5) is 8.78 Å². The zero-order valence-corrected chi connectivity index (χ0v) is 12.4. The molecule has 0 nitrogen and oxygen atoms in total. The second-order valence-electron chi connectivity index (χ2n) is 4.34. The molecule has 4 heteroatoms. The van der Waals surface area contributed by atoms with E-state index in [1.807, 2.05) is 12.3 Å². The zero-order valence-electron chi connectivity index (χ0n) is 10.8. The van der Waals surface area contributed by atoms with Gasteiger partial charge in [-0.1, -0.05) is 31.5 Å². The van der Waals surface area contributed by atoms with E-state index < -0.39 is 5.92 Å². The van der Waals surface area contributed by atoms with Crippen LogP contribution in [0.2, 0.25) is 0 Å². The lowest BCUT2D eigenvalue weighted by Gasteiger charge is -2.11. The second-order valence-corrected chi connectivity index (χ2v) is 5.83. The Kier molecular flexibility index (Phi) is 5.11. The summed E-state index contributed by atoms with van der Waals surface area (Å²) >= 11 is 7.73. The average molecular weight is 291 g/mol. The molecule has 0 radical (unpaired) electrons. The monoisotopic (exact) mass is 290 g/mol. The number of aryl methyl sites for hydroxylation is 1. The van der Waals surface area contributed by atoms with Gasteiger partial charge in [0.05, 0.1) is 0 Å². The third kappa shape index (κ3) is 3.66. The quantitative estimate of drug-likeness (QED) is 0.601. The average Bonchev–Trinajstić information content (AvgIpc) is 2.60. The number of hydrogen-bond donors (Lipinski definition) is 0. The highest BCUT2D eigenvalue weighted by atomic mass is 35.5. The predicted octanol–water partition coefficient (Wildman–Crippen LogP) is 5.80. The van der Waals surface area contributed by atoms with Crippen molar-refractivity contribution in [3.05, 3.63) is 39.6 Å². The Hall–Kier alpha value is -0.670. The molecule has 1 rings (SSSR count). The molecule has 1 heterocycles. The fourth-order valence-corrected chi connectivity index (χ4v) is 2.88. The molecule has 0 bridgehead atoms. The summed E-state index contributed by atoms with van der Waals surface area (Å²) in [7, 11) is 0. The third-order valence-electron chi connectivity index (χ3n) is 2.73. The molecule has 1 aromatic heterocycles. The van der Waals surface area contributed by atoms with Crippen LogP contribution in [-0.2, 0) is 6.42 Å². The van der Waals surface area contributed by atoms with Gasteiger partial charge in [-0.05, 0) is 30.4 Å². The van der Waals surface area contributed by atoms with Gasteiger partial charge in [0.15, 0.2) is 0 Å². The lowest BCUT2D eigenvalue weighted by Crippen LogP contribution is -2.10. The molecule has 1 aromatic rings. The summed E-state index contributed by atoms with van der Waals surface area (Å²) in [6.07, 6.45) is 3.17. The molecule has 0 saturated heterocycles. The van der Waals surface area contributed by atoms with Crippen LogP contribution in [0.25, 0.3) is 5.03 Å². The number of hydrogen-bond acceptors (Lipinski definition) is 1. The number of halogens is 3. The molecule has 0 atom stereocenters. The topological polar surface area (TPSA) is 0 Å². The van der Waals surface area contributed by atoms with E-state index in [-0.39, 0.29) is 5.57 Å². The molecular weight excluding hydrogens is 274 g/mol. The summed E-state index contributed by atoms with van der Waals surface area (Å²) in [5.74, 6) is -2.93. The van der Waals surface area contributed by atoms with Gasteiger partial charge >= 0.3 is 0 Å². The van der Waals surface area contributed by atoms with Crippen molar-refractivity contribution in [3.8, 4) is 0 Å². The number of alkyl halides is 2. The van der Waals surface area contributed by atoms with E-state index in [1.165, 1.54) is 11.0 Å². The fraction of sp³-hybridized carbons (Fsp3) is 0.429. The number of rotatable bonds is 5. The summed E-state index contributed by atoms with van der Waals surface area (Å²) in [4.78, 5) is 1.19. The molecular formula is C14H17ClF2S. The normalized spacial score (nSPS) is 12.9. The molecule has 0 fully saturated rings. The van der Waals surface area contributed by atoms with Crippen LogP contribution in [0.1, 0.15) is 36.3 Å². The molecule has 0 aliphatic carbocycles. The van der Waals surface area contributed by atoms with E-state index in [0.717, 1.165) is 30.9 Å². The van der Waals surface area contributed by atoms with Gasteiger partial charge in [0.2, 0.25) is 0 Å². The van der Waals surface area contributed by atoms with Crippen molar-refractivity contribution in [1.29, 1.82) is 0 Å². The van der Waals surface area contributed by atoms with Crippen LogP contribution in [0, 0.1) is 6.92 Å². The van der Waals surface area contributed by atoms with Crippen molar-refractivity contribution in [3.63, 3.8) is 0 Å². The summed E-state index contributed by atoms with van der Waals surface area (Å²) < 4.78 is 26.1. The van der Waals surface area contributed by atoms with E-state index in [9.17, 15) is 8.78 Å². The summed E-state index contributed by atoms with van der Waals surface area (Å²) in [6.45, 7) is 8.29. The van der Waals surface area contributed by atoms with E-state index in [4.69, 9.17) is 11.6 Å². The zero-order chi connectivity index (χ0) is 13.9. The largest absolute Gasteiger partial charge is 0.270 e. The first kappa shape index (κ1) is 15.4. The van der Waals surface area contributed by atoms with Crippen molar-refractivity contribution < 1.29 is 8.78 Å². The summed E-state index contributed by atoms with van der Waals surface area (Å²) in [5.41, 5.74) is 1.74. The highest BCUT2D eigenvalue weighted by Crippen LogP contribution is 2.34. The van der Waals surface area contributed by atoms with E-state index >= 15 is 0 Å². The minimum Gasteiger partial charge on any atom is -0.202 e. The minimum absolute atomic E-state index is 0.265. The van der Waals surface area contributed by atoms with Gasteiger partial charge in [-0.15, -0.1) is 11.3 Å². The van der Waals surface area contributed by atoms with Crippen LogP contribution in [0.3, 0.4) is 0 Å².